The summed E-state index contributed by atoms with van der Waals surface area (Å²) in [5.74, 6) is -0.482. The van der Waals surface area contributed by atoms with Crippen molar-refractivity contribution in [3.63, 3.8) is 0 Å². The van der Waals surface area contributed by atoms with Gasteiger partial charge in [0.05, 0.1) is 9.77 Å². The minimum Gasteiger partial charge on any atom is -0.269 e. The van der Waals surface area contributed by atoms with Gasteiger partial charge in [0.2, 0.25) is 0 Å². The van der Waals surface area contributed by atoms with E-state index >= 15 is 0 Å². The Hall–Kier alpha value is -0.690. The summed E-state index contributed by atoms with van der Waals surface area (Å²) in [6.07, 6.45) is 4.04. The van der Waals surface area contributed by atoms with Gasteiger partial charge in [-0.1, -0.05) is 11.6 Å². The number of aliphatic imine (C=N–C) groups is 1. The van der Waals surface area contributed by atoms with Crippen LogP contribution in [0.5, 0.6) is 0 Å². The average molecular weight is 340 g/mol. The fourth-order valence-corrected chi connectivity index (χ4v) is 1.40. The number of aromatic nitrogens is 2. The molecule has 0 radical (unpaired) electrons. The normalized spacial score (nSPS) is 13.1. The Kier molecular flexibility index (Phi) is 4.46. The molecule has 0 saturated heterocycles. The van der Waals surface area contributed by atoms with E-state index in [9.17, 15) is 4.39 Å². The molecular formula is C9H8ClFIN3. The molecule has 0 saturated carbocycles. The maximum absolute atomic E-state index is 13.0. The summed E-state index contributed by atoms with van der Waals surface area (Å²) >= 11 is 7.82. The number of allylic oxidation sites excluding steroid dienone is 3. The molecular weight excluding hydrogens is 331 g/mol. The standard InChI is InChI=1S/C9H8ClFIN3/c1-6(3-7(11)4-13-2)15-5-8(12)9(10)14-15/h3-5H,2H2,1H3/b6-3+,7-4+. The highest BCUT2D eigenvalue weighted by Gasteiger charge is 2.04. The lowest BCUT2D eigenvalue weighted by Crippen LogP contribution is -1.93. The molecule has 15 heavy (non-hydrogen) atoms. The second kappa shape index (κ2) is 5.41. The molecule has 1 rings (SSSR count). The van der Waals surface area contributed by atoms with E-state index in [1.54, 1.807) is 13.1 Å². The third-order valence-electron chi connectivity index (χ3n) is 1.55. The summed E-state index contributed by atoms with van der Waals surface area (Å²) < 4.78 is 15.3. The van der Waals surface area contributed by atoms with E-state index in [1.807, 2.05) is 22.6 Å². The fraction of sp³-hybridized carbons (Fsp3) is 0.111. The van der Waals surface area contributed by atoms with Gasteiger partial charge in [-0.15, -0.1) is 0 Å². The highest BCUT2D eigenvalue weighted by Crippen LogP contribution is 2.18. The molecule has 1 aromatic heterocycles. The quantitative estimate of drug-likeness (QED) is 0.471. The van der Waals surface area contributed by atoms with E-state index in [1.165, 1.54) is 10.8 Å². The molecule has 0 spiro atoms. The predicted octanol–water partition coefficient (Wildman–Crippen LogP) is 3.51. The molecule has 0 aromatic carbocycles. The van der Waals surface area contributed by atoms with Crippen LogP contribution in [-0.2, 0) is 0 Å². The summed E-state index contributed by atoms with van der Waals surface area (Å²) in [4.78, 5) is 3.32. The molecule has 0 bridgehead atoms. The Labute approximate surface area is 105 Å². The molecule has 0 aliphatic heterocycles. The molecule has 0 N–H and O–H groups in total. The Morgan fingerprint density at radius 2 is 2.47 bits per heavy atom. The molecule has 3 nitrogen and oxygen atoms in total. The van der Waals surface area contributed by atoms with Crippen LogP contribution in [0.2, 0.25) is 5.15 Å². The first-order valence-corrected chi connectivity index (χ1v) is 5.41. The van der Waals surface area contributed by atoms with Gasteiger partial charge in [0.15, 0.2) is 5.15 Å². The molecule has 0 unspecified atom stereocenters. The van der Waals surface area contributed by atoms with E-state index < -0.39 is 5.83 Å². The van der Waals surface area contributed by atoms with Gasteiger partial charge >= 0.3 is 0 Å². The summed E-state index contributed by atoms with van der Waals surface area (Å²) in [6, 6.07) is 0. The topological polar surface area (TPSA) is 30.2 Å². The van der Waals surface area contributed by atoms with Crippen molar-refractivity contribution < 1.29 is 4.39 Å². The number of hydrogen-bond acceptors (Lipinski definition) is 2. The van der Waals surface area contributed by atoms with Crippen LogP contribution in [0.3, 0.4) is 0 Å². The van der Waals surface area contributed by atoms with Gasteiger partial charge in [-0.25, -0.2) is 9.07 Å². The molecule has 0 atom stereocenters. The highest BCUT2D eigenvalue weighted by molar-refractivity contribution is 14.1. The van der Waals surface area contributed by atoms with Gasteiger partial charge in [0.25, 0.3) is 0 Å². The van der Waals surface area contributed by atoms with Gasteiger partial charge in [-0.3, -0.25) is 4.99 Å². The van der Waals surface area contributed by atoms with Crippen LogP contribution in [-0.4, -0.2) is 16.5 Å². The second-order valence-electron chi connectivity index (χ2n) is 2.69. The van der Waals surface area contributed by atoms with Crippen molar-refractivity contribution >= 4 is 46.6 Å². The highest BCUT2D eigenvalue weighted by atomic mass is 127. The van der Waals surface area contributed by atoms with Crippen LogP contribution in [0, 0.1) is 3.57 Å². The van der Waals surface area contributed by atoms with Crippen molar-refractivity contribution in [3.8, 4) is 0 Å². The largest absolute Gasteiger partial charge is 0.269 e. The van der Waals surface area contributed by atoms with Crippen LogP contribution in [0.1, 0.15) is 6.92 Å². The number of halogens is 3. The Balaban J connectivity index is 2.98. The van der Waals surface area contributed by atoms with E-state index in [-0.39, 0.29) is 0 Å². The van der Waals surface area contributed by atoms with Gasteiger partial charge in [-0.2, -0.15) is 5.10 Å². The predicted molar refractivity (Wildman–Crippen MR) is 68.6 cm³/mol. The first kappa shape index (κ1) is 12.4. The van der Waals surface area contributed by atoms with Gasteiger partial charge in [0.1, 0.15) is 5.83 Å². The second-order valence-corrected chi connectivity index (χ2v) is 4.21. The van der Waals surface area contributed by atoms with Gasteiger partial charge in [0, 0.05) is 11.9 Å². The van der Waals surface area contributed by atoms with Crippen LogP contribution in [0.15, 0.2) is 29.3 Å². The Morgan fingerprint density at radius 3 is 2.93 bits per heavy atom. The molecule has 6 heteroatoms. The maximum Gasteiger partial charge on any atom is 0.164 e. The first-order valence-electron chi connectivity index (χ1n) is 3.95. The van der Waals surface area contributed by atoms with Gasteiger partial charge in [-0.05, 0) is 42.3 Å². The Morgan fingerprint density at radius 1 is 1.80 bits per heavy atom. The zero-order valence-corrected chi connectivity index (χ0v) is 10.8. The lowest BCUT2D eigenvalue weighted by molar-refractivity contribution is 0.662. The lowest BCUT2D eigenvalue weighted by Gasteiger charge is -1.98. The smallest absolute Gasteiger partial charge is 0.164 e. The fourth-order valence-electron chi connectivity index (χ4n) is 0.903. The van der Waals surface area contributed by atoms with Crippen LogP contribution < -0.4 is 0 Å². The monoisotopic (exact) mass is 339 g/mol. The van der Waals surface area contributed by atoms with Crippen molar-refractivity contribution in [2.75, 3.05) is 0 Å². The lowest BCUT2D eigenvalue weighted by atomic mass is 10.4. The summed E-state index contributed by atoms with van der Waals surface area (Å²) in [5, 5.41) is 4.39. The van der Waals surface area contributed by atoms with E-state index in [2.05, 4.69) is 16.8 Å². The first-order chi connectivity index (χ1) is 7.04. The molecule has 0 aliphatic carbocycles. The summed E-state index contributed by atoms with van der Waals surface area (Å²) in [7, 11) is 0. The summed E-state index contributed by atoms with van der Waals surface area (Å²) in [5.41, 5.74) is 0.609. The number of hydrogen-bond donors (Lipinski definition) is 0. The zero-order chi connectivity index (χ0) is 11.4. The third-order valence-corrected chi connectivity index (χ3v) is 2.94. The van der Waals surface area contributed by atoms with Crippen molar-refractivity contribution in [2.45, 2.75) is 6.92 Å². The molecule has 0 amide bonds. The van der Waals surface area contributed by atoms with Gasteiger partial charge < -0.3 is 0 Å². The average Bonchev–Trinajstić information content (AvgIpc) is 2.47. The van der Waals surface area contributed by atoms with Crippen molar-refractivity contribution in [2.24, 2.45) is 4.99 Å². The summed E-state index contributed by atoms with van der Waals surface area (Å²) in [6.45, 7) is 4.88. The third kappa shape index (κ3) is 3.42. The Bertz CT molecular complexity index is 417. The van der Waals surface area contributed by atoms with Crippen LogP contribution >= 0.6 is 34.2 Å². The molecule has 0 fully saturated rings. The zero-order valence-electron chi connectivity index (χ0n) is 7.91. The minimum atomic E-state index is -0.482. The molecule has 0 aliphatic rings. The van der Waals surface area contributed by atoms with E-state index in [0.717, 1.165) is 9.77 Å². The van der Waals surface area contributed by atoms with Crippen molar-refractivity contribution in [3.05, 3.63) is 33.0 Å². The van der Waals surface area contributed by atoms with Crippen molar-refractivity contribution in [1.82, 2.24) is 9.78 Å². The van der Waals surface area contributed by atoms with Crippen LogP contribution in [0.25, 0.3) is 5.70 Å². The van der Waals surface area contributed by atoms with E-state index in [0.29, 0.717) is 10.9 Å². The molecule has 1 aromatic rings. The van der Waals surface area contributed by atoms with Crippen molar-refractivity contribution in [1.29, 1.82) is 0 Å². The minimum absolute atomic E-state index is 0.398. The number of rotatable bonds is 3. The van der Waals surface area contributed by atoms with Crippen LogP contribution in [0.4, 0.5) is 4.39 Å². The SMILES string of the molecule is C=N/C=C(F)\C=C(/C)n1cc(I)c(Cl)n1. The van der Waals surface area contributed by atoms with E-state index in [4.69, 9.17) is 11.6 Å². The molecule has 1 heterocycles. The molecule has 80 valence electrons. The maximum atomic E-state index is 13.0. The number of nitrogens with zero attached hydrogens (tertiary/aromatic N) is 3.